The fourth-order valence-corrected chi connectivity index (χ4v) is 2.49. The van der Waals surface area contributed by atoms with E-state index in [4.69, 9.17) is 0 Å². The topological polar surface area (TPSA) is 23.6 Å². The molecule has 0 unspecified atom stereocenters. The molecule has 0 bridgehead atoms. The Kier molecular flexibility index (Phi) is 3.94. The van der Waals surface area contributed by atoms with E-state index in [0.717, 1.165) is 24.2 Å². The molecule has 6 heteroatoms. The second kappa shape index (κ2) is 5.30. The van der Waals surface area contributed by atoms with Gasteiger partial charge in [-0.15, -0.1) is 0 Å². The average molecular weight is 262 g/mol. The third-order valence-electron chi connectivity index (χ3n) is 3.42. The summed E-state index contributed by atoms with van der Waals surface area (Å²) >= 11 is 0. The van der Waals surface area contributed by atoms with Gasteiger partial charge in [0.15, 0.2) is 0 Å². The molecule has 1 saturated heterocycles. The van der Waals surface area contributed by atoms with Crippen molar-refractivity contribution in [3.63, 3.8) is 0 Å². The summed E-state index contributed by atoms with van der Waals surface area (Å²) in [6, 6.07) is 0.218. The predicted molar refractivity (Wildman–Crippen MR) is 61.0 cm³/mol. The van der Waals surface area contributed by atoms with Gasteiger partial charge in [-0.1, -0.05) is 12.2 Å². The third-order valence-corrected chi connectivity index (χ3v) is 3.42. The quantitative estimate of drug-likeness (QED) is 0.708. The largest absolute Gasteiger partial charge is 0.406 e. The van der Waals surface area contributed by atoms with Crippen LogP contribution in [0.15, 0.2) is 12.2 Å². The van der Waals surface area contributed by atoms with Gasteiger partial charge in [-0.2, -0.15) is 13.2 Å². The number of piperazine rings is 1. The molecule has 1 aliphatic carbocycles. The fraction of sp³-hybridized carbons (Fsp3) is 0.750. The van der Waals surface area contributed by atoms with Crippen molar-refractivity contribution >= 4 is 5.91 Å². The Morgan fingerprint density at radius 1 is 1.33 bits per heavy atom. The molecule has 1 amide bonds. The molecule has 18 heavy (non-hydrogen) atoms. The number of alkyl halides is 3. The minimum atomic E-state index is -4.30. The molecule has 2 rings (SSSR count). The highest BCUT2D eigenvalue weighted by Crippen LogP contribution is 2.21. The number of hydrogen-bond donors (Lipinski definition) is 0. The van der Waals surface area contributed by atoms with Gasteiger partial charge in [0, 0.05) is 19.1 Å². The Labute approximate surface area is 104 Å². The van der Waals surface area contributed by atoms with Crippen molar-refractivity contribution in [3.8, 4) is 0 Å². The first-order chi connectivity index (χ1) is 8.46. The normalized spacial score (nSPS) is 26.7. The van der Waals surface area contributed by atoms with Crippen LogP contribution in [0, 0.1) is 0 Å². The highest BCUT2D eigenvalue weighted by Gasteiger charge is 2.36. The van der Waals surface area contributed by atoms with Crippen molar-refractivity contribution in [1.82, 2.24) is 9.80 Å². The van der Waals surface area contributed by atoms with Crippen LogP contribution in [0.5, 0.6) is 0 Å². The lowest BCUT2D eigenvalue weighted by Gasteiger charge is -2.38. The maximum Gasteiger partial charge on any atom is 0.406 e. The highest BCUT2D eigenvalue weighted by molar-refractivity contribution is 5.79. The monoisotopic (exact) mass is 262 g/mol. The van der Waals surface area contributed by atoms with Crippen LogP contribution < -0.4 is 0 Å². The molecule has 0 radical (unpaired) electrons. The van der Waals surface area contributed by atoms with Gasteiger partial charge in [0.05, 0.1) is 6.54 Å². The summed E-state index contributed by atoms with van der Waals surface area (Å²) in [4.78, 5) is 14.6. The Morgan fingerprint density at radius 2 is 2.11 bits per heavy atom. The summed E-state index contributed by atoms with van der Waals surface area (Å²) in [6.07, 6.45) is 2.97. The van der Waals surface area contributed by atoms with Crippen LogP contribution in [0.3, 0.4) is 0 Å². The number of amides is 1. The molecule has 0 aromatic carbocycles. The van der Waals surface area contributed by atoms with Gasteiger partial charge >= 0.3 is 6.18 Å². The maximum atomic E-state index is 12.2. The maximum absolute atomic E-state index is 12.2. The summed E-state index contributed by atoms with van der Waals surface area (Å²) in [5, 5.41) is 0. The first-order valence-electron chi connectivity index (χ1n) is 6.21. The first-order valence-corrected chi connectivity index (χ1v) is 6.21. The van der Waals surface area contributed by atoms with Crippen LogP contribution in [0.4, 0.5) is 13.2 Å². The lowest BCUT2D eigenvalue weighted by Crippen LogP contribution is -2.55. The van der Waals surface area contributed by atoms with E-state index >= 15 is 0 Å². The van der Waals surface area contributed by atoms with Crippen LogP contribution in [-0.4, -0.2) is 54.1 Å². The first kappa shape index (κ1) is 13.4. The molecule has 1 atom stereocenters. The smallest absolute Gasteiger partial charge is 0.331 e. The van der Waals surface area contributed by atoms with Crippen LogP contribution in [0.1, 0.15) is 19.3 Å². The number of allylic oxidation sites excluding steroid dienone is 1. The Bertz CT molecular complexity index is 341. The van der Waals surface area contributed by atoms with Crippen LogP contribution in [0.2, 0.25) is 0 Å². The van der Waals surface area contributed by atoms with Crippen molar-refractivity contribution in [1.29, 1.82) is 0 Å². The lowest BCUT2D eigenvalue weighted by molar-refractivity contribution is -0.166. The van der Waals surface area contributed by atoms with E-state index in [1.54, 1.807) is 0 Å². The number of nitrogens with zero attached hydrogens (tertiary/aromatic N) is 2. The lowest BCUT2D eigenvalue weighted by atomic mass is 10.0. The summed E-state index contributed by atoms with van der Waals surface area (Å²) in [7, 11) is 0. The van der Waals surface area contributed by atoms with Gasteiger partial charge in [0.2, 0.25) is 5.91 Å². The molecule has 3 nitrogen and oxygen atoms in total. The number of halogens is 3. The third kappa shape index (κ3) is 3.48. The van der Waals surface area contributed by atoms with Gasteiger partial charge in [-0.05, 0) is 19.3 Å². The van der Waals surface area contributed by atoms with Crippen molar-refractivity contribution in [2.45, 2.75) is 31.5 Å². The molecule has 102 valence electrons. The zero-order chi connectivity index (χ0) is 13.2. The van der Waals surface area contributed by atoms with E-state index in [-0.39, 0.29) is 19.1 Å². The molecule has 0 N–H and O–H groups in total. The van der Waals surface area contributed by atoms with Crippen LogP contribution >= 0.6 is 0 Å². The van der Waals surface area contributed by atoms with Crippen LogP contribution in [-0.2, 0) is 4.79 Å². The molecule has 2 aliphatic rings. The van der Waals surface area contributed by atoms with Crippen molar-refractivity contribution < 1.29 is 18.0 Å². The average Bonchev–Trinajstić information content (AvgIpc) is 2.31. The zero-order valence-electron chi connectivity index (χ0n) is 10.1. The van der Waals surface area contributed by atoms with Crippen molar-refractivity contribution in [3.05, 3.63) is 12.2 Å². The molecule has 0 saturated carbocycles. The van der Waals surface area contributed by atoms with E-state index in [9.17, 15) is 18.0 Å². The molecule has 0 aromatic rings. The van der Waals surface area contributed by atoms with Crippen molar-refractivity contribution in [2.75, 3.05) is 26.2 Å². The predicted octanol–water partition coefficient (Wildman–Crippen LogP) is 1.80. The Hall–Kier alpha value is -1.04. The second-order valence-corrected chi connectivity index (χ2v) is 4.83. The molecule has 1 aliphatic heterocycles. The van der Waals surface area contributed by atoms with Gasteiger partial charge in [-0.3, -0.25) is 9.69 Å². The molecular formula is C12H17F3N2O. The van der Waals surface area contributed by atoms with E-state index < -0.39 is 18.6 Å². The Balaban J connectivity index is 1.89. The summed E-state index contributed by atoms with van der Waals surface area (Å²) in [5.74, 6) is -0.419. The molecular weight excluding hydrogens is 245 g/mol. The summed E-state index contributed by atoms with van der Waals surface area (Å²) in [5.41, 5.74) is 0. The molecule has 1 heterocycles. The van der Waals surface area contributed by atoms with E-state index in [1.807, 2.05) is 4.90 Å². The Morgan fingerprint density at radius 3 is 2.67 bits per heavy atom. The van der Waals surface area contributed by atoms with Gasteiger partial charge in [0.25, 0.3) is 0 Å². The van der Waals surface area contributed by atoms with E-state index in [2.05, 4.69) is 12.2 Å². The minimum absolute atomic E-state index is 0.102. The van der Waals surface area contributed by atoms with Gasteiger partial charge in [-0.25, -0.2) is 0 Å². The zero-order valence-corrected chi connectivity index (χ0v) is 10.1. The fourth-order valence-electron chi connectivity index (χ4n) is 2.49. The number of hydrogen-bond acceptors (Lipinski definition) is 2. The molecule has 0 spiro atoms. The number of carbonyl (C=O) groups excluding carboxylic acids is 1. The molecule has 0 aromatic heterocycles. The van der Waals surface area contributed by atoms with Gasteiger partial charge in [0.1, 0.15) is 6.54 Å². The van der Waals surface area contributed by atoms with E-state index in [0.29, 0.717) is 6.54 Å². The summed E-state index contributed by atoms with van der Waals surface area (Å²) < 4.78 is 36.7. The van der Waals surface area contributed by atoms with Crippen LogP contribution in [0.25, 0.3) is 0 Å². The highest BCUT2D eigenvalue weighted by atomic mass is 19.4. The SMILES string of the molecule is O=C1CN([C@@H]2C=CCCC2)CCN1CC(F)(F)F. The van der Waals surface area contributed by atoms with Gasteiger partial charge < -0.3 is 4.90 Å². The van der Waals surface area contributed by atoms with E-state index in [1.165, 1.54) is 0 Å². The second-order valence-electron chi connectivity index (χ2n) is 4.83. The number of carbonyl (C=O) groups is 1. The minimum Gasteiger partial charge on any atom is -0.331 e. The van der Waals surface area contributed by atoms with Crippen molar-refractivity contribution in [2.24, 2.45) is 0 Å². The molecule has 1 fully saturated rings. The standard InChI is InChI=1S/C12H17F3N2O/c13-12(14,15)9-17-7-6-16(8-11(17)18)10-4-2-1-3-5-10/h2,4,10H,1,3,5-9H2/t10-/m1/s1. The summed E-state index contributed by atoms with van der Waals surface area (Å²) in [6.45, 7) is -0.329. The number of rotatable bonds is 2.